The zero-order valence-electron chi connectivity index (χ0n) is 9.58. The topological polar surface area (TPSA) is 23.5 Å². The lowest BCUT2D eigenvalue weighted by Gasteiger charge is -2.28. The van der Waals surface area contributed by atoms with Gasteiger partial charge in [-0.25, -0.2) is 0 Å². The van der Waals surface area contributed by atoms with Gasteiger partial charge in [-0.05, 0) is 32.0 Å². The molecule has 1 saturated carbocycles. The molecule has 0 saturated heterocycles. The highest BCUT2D eigenvalue weighted by Gasteiger charge is 2.32. The van der Waals surface area contributed by atoms with Gasteiger partial charge < -0.3 is 5.11 Å². The summed E-state index contributed by atoms with van der Waals surface area (Å²) >= 11 is 7.51. The molecule has 1 aliphatic rings. The predicted octanol–water partition coefficient (Wildman–Crippen LogP) is 3.14. The lowest BCUT2D eigenvalue weighted by atomic mass is 10.0. The maximum Gasteiger partial charge on any atom is 0.0931 e. The van der Waals surface area contributed by atoms with Crippen molar-refractivity contribution in [3.63, 3.8) is 0 Å². The first-order valence-corrected chi connectivity index (χ1v) is 6.92. The molecule has 2 nitrogen and oxygen atoms in total. The minimum absolute atomic E-state index is 0.449. The molecule has 0 amide bonds. The van der Waals surface area contributed by atoms with Crippen LogP contribution in [0.5, 0.6) is 0 Å². The second kappa shape index (κ2) is 5.05. The molecule has 0 aromatic carbocycles. The fraction of sp³-hybridized carbons (Fsp3) is 0.667. The molecule has 0 spiro atoms. The van der Waals surface area contributed by atoms with E-state index in [9.17, 15) is 5.11 Å². The van der Waals surface area contributed by atoms with Crippen LogP contribution >= 0.6 is 22.9 Å². The van der Waals surface area contributed by atoms with Gasteiger partial charge in [0.2, 0.25) is 0 Å². The first kappa shape index (κ1) is 12.4. The van der Waals surface area contributed by atoms with Gasteiger partial charge in [-0.2, -0.15) is 0 Å². The Bertz CT molecular complexity index is 347. The van der Waals surface area contributed by atoms with E-state index in [0.29, 0.717) is 0 Å². The molecule has 0 radical (unpaired) electrons. The summed E-state index contributed by atoms with van der Waals surface area (Å²) in [5, 5.41) is 10.3. The fourth-order valence-corrected chi connectivity index (χ4v) is 3.62. The third kappa shape index (κ3) is 3.20. The molecule has 1 N–H and O–H groups in total. The number of hydrogen-bond donors (Lipinski definition) is 1. The average molecular weight is 260 g/mol. The van der Waals surface area contributed by atoms with E-state index in [1.807, 2.05) is 6.07 Å². The van der Waals surface area contributed by atoms with Gasteiger partial charge in [0.25, 0.3) is 0 Å². The van der Waals surface area contributed by atoms with Crippen molar-refractivity contribution in [2.45, 2.75) is 37.8 Å². The van der Waals surface area contributed by atoms with Crippen LogP contribution in [0.4, 0.5) is 0 Å². The van der Waals surface area contributed by atoms with Crippen molar-refractivity contribution in [3.8, 4) is 0 Å². The van der Waals surface area contributed by atoms with Crippen molar-refractivity contribution in [3.05, 3.63) is 21.3 Å². The molecular formula is C12H18ClNOS. The average Bonchev–Trinajstić information content (AvgIpc) is 2.75. The van der Waals surface area contributed by atoms with Gasteiger partial charge in [-0.15, -0.1) is 11.3 Å². The molecule has 0 bridgehead atoms. The van der Waals surface area contributed by atoms with Gasteiger partial charge >= 0.3 is 0 Å². The second-order valence-electron chi connectivity index (χ2n) is 4.81. The number of halogens is 1. The third-order valence-corrected chi connectivity index (χ3v) is 4.37. The molecule has 1 aromatic rings. The molecule has 4 heteroatoms. The van der Waals surface area contributed by atoms with E-state index in [1.54, 1.807) is 11.3 Å². The zero-order valence-corrected chi connectivity index (χ0v) is 11.2. The van der Waals surface area contributed by atoms with Crippen LogP contribution in [0.25, 0.3) is 0 Å². The molecule has 1 fully saturated rings. The van der Waals surface area contributed by atoms with E-state index in [-0.39, 0.29) is 0 Å². The molecule has 1 aliphatic carbocycles. The Morgan fingerprint density at radius 2 is 2.12 bits per heavy atom. The molecule has 0 unspecified atom stereocenters. The molecule has 90 valence electrons. The van der Waals surface area contributed by atoms with Crippen molar-refractivity contribution >= 4 is 22.9 Å². The minimum Gasteiger partial charge on any atom is -0.389 e. The number of nitrogens with zero attached hydrogens (tertiary/aromatic N) is 1. The summed E-state index contributed by atoms with van der Waals surface area (Å²) in [5.41, 5.74) is -0.449. The van der Waals surface area contributed by atoms with Crippen LogP contribution in [0.1, 0.15) is 30.6 Å². The number of hydrogen-bond acceptors (Lipinski definition) is 3. The largest absolute Gasteiger partial charge is 0.389 e. The van der Waals surface area contributed by atoms with Gasteiger partial charge in [0.15, 0.2) is 0 Å². The van der Waals surface area contributed by atoms with E-state index >= 15 is 0 Å². The van der Waals surface area contributed by atoms with Crippen LogP contribution in [0, 0.1) is 0 Å². The number of thiophene rings is 1. The Balaban J connectivity index is 1.86. The minimum atomic E-state index is -0.449. The van der Waals surface area contributed by atoms with Crippen molar-refractivity contribution in [2.24, 2.45) is 0 Å². The van der Waals surface area contributed by atoms with Gasteiger partial charge in [-0.1, -0.05) is 24.4 Å². The molecule has 1 heterocycles. The Labute approximate surface area is 106 Å². The fourth-order valence-electron chi connectivity index (χ4n) is 2.45. The first-order valence-electron chi connectivity index (χ1n) is 5.73. The second-order valence-corrected chi connectivity index (χ2v) is 6.61. The smallest absolute Gasteiger partial charge is 0.0931 e. The van der Waals surface area contributed by atoms with Crippen LogP contribution in [0.3, 0.4) is 0 Å². The summed E-state index contributed by atoms with van der Waals surface area (Å²) in [6.07, 6.45) is 4.22. The van der Waals surface area contributed by atoms with Crippen molar-refractivity contribution in [1.82, 2.24) is 4.90 Å². The maximum atomic E-state index is 10.3. The van der Waals surface area contributed by atoms with E-state index in [1.165, 1.54) is 4.88 Å². The summed E-state index contributed by atoms with van der Waals surface area (Å²) in [4.78, 5) is 3.45. The quantitative estimate of drug-likeness (QED) is 0.898. The number of rotatable bonds is 4. The Morgan fingerprint density at radius 3 is 2.69 bits per heavy atom. The SMILES string of the molecule is CN(Cc1ccc(Cl)s1)CC1(O)CCCC1. The zero-order chi connectivity index (χ0) is 11.6. The molecule has 0 aliphatic heterocycles. The maximum absolute atomic E-state index is 10.3. The predicted molar refractivity (Wildman–Crippen MR) is 69.1 cm³/mol. The molecule has 16 heavy (non-hydrogen) atoms. The van der Waals surface area contributed by atoms with Crippen molar-refractivity contribution in [1.29, 1.82) is 0 Å². The van der Waals surface area contributed by atoms with Crippen molar-refractivity contribution in [2.75, 3.05) is 13.6 Å². The standard InChI is InChI=1S/C12H18ClNOS/c1-14(8-10-4-5-11(13)16-10)9-12(15)6-2-3-7-12/h4-5,15H,2-3,6-9H2,1H3. The molecule has 0 atom stereocenters. The Hall–Kier alpha value is -0.0900. The summed E-state index contributed by atoms with van der Waals surface area (Å²) in [7, 11) is 2.06. The van der Waals surface area contributed by atoms with Crippen LogP contribution in [-0.4, -0.2) is 29.2 Å². The van der Waals surface area contributed by atoms with E-state index < -0.39 is 5.60 Å². The summed E-state index contributed by atoms with van der Waals surface area (Å²) in [6.45, 7) is 1.64. The van der Waals surface area contributed by atoms with Gasteiger partial charge in [-0.3, -0.25) is 4.90 Å². The highest BCUT2D eigenvalue weighted by atomic mass is 35.5. The van der Waals surface area contributed by atoms with Crippen LogP contribution < -0.4 is 0 Å². The lowest BCUT2D eigenvalue weighted by molar-refractivity contribution is 0.0147. The first-order chi connectivity index (χ1) is 7.57. The van der Waals surface area contributed by atoms with E-state index in [2.05, 4.69) is 18.0 Å². The van der Waals surface area contributed by atoms with E-state index in [0.717, 1.165) is 43.1 Å². The van der Waals surface area contributed by atoms with Crippen LogP contribution in [0.15, 0.2) is 12.1 Å². The Kier molecular flexibility index (Phi) is 3.90. The summed E-state index contributed by atoms with van der Waals surface area (Å²) < 4.78 is 0.836. The molecule has 1 aromatic heterocycles. The van der Waals surface area contributed by atoms with E-state index in [4.69, 9.17) is 11.6 Å². The van der Waals surface area contributed by atoms with Gasteiger partial charge in [0.05, 0.1) is 9.94 Å². The highest BCUT2D eigenvalue weighted by molar-refractivity contribution is 7.16. The van der Waals surface area contributed by atoms with Gasteiger partial charge in [0.1, 0.15) is 0 Å². The number of likely N-dealkylation sites (N-methyl/N-ethyl adjacent to an activating group) is 1. The monoisotopic (exact) mass is 259 g/mol. The van der Waals surface area contributed by atoms with Gasteiger partial charge in [0, 0.05) is 18.0 Å². The Morgan fingerprint density at radius 1 is 1.44 bits per heavy atom. The summed E-state index contributed by atoms with van der Waals surface area (Å²) in [6, 6.07) is 3.99. The van der Waals surface area contributed by atoms with Crippen molar-refractivity contribution < 1.29 is 5.11 Å². The summed E-state index contributed by atoms with van der Waals surface area (Å²) in [5.74, 6) is 0. The normalized spacial score (nSPS) is 19.5. The molecular weight excluding hydrogens is 242 g/mol. The lowest BCUT2D eigenvalue weighted by Crippen LogP contribution is -2.38. The highest BCUT2D eigenvalue weighted by Crippen LogP contribution is 2.30. The molecule has 2 rings (SSSR count). The van der Waals surface area contributed by atoms with Crippen LogP contribution in [-0.2, 0) is 6.54 Å². The third-order valence-electron chi connectivity index (χ3n) is 3.15. The van der Waals surface area contributed by atoms with Crippen LogP contribution in [0.2, 0.25) is 4.34 Å². The number of aliphatic hydroxyl groups is 1.